The Morgan fingerprint density at radius 2 is 2.17 bits per heavy atom. The predicted molar refractivity (Wildman–Crippen MR) is 67.2 cm³/mol. The Morgan fingerprint density at radius 3 is 2.78 bits per heavy atom. The molecule has 0 saturated carbocycles. The van der Waals surface area contributed by atoms with Crippen molar-refractivity contribution in [2.75, 3.05) is 18.4 Å². The van der Waals surface area contributed by atoms with E-state index in [0.717, 1.165) is 6.54 Å². The van der Waals surface area contributed by atoms with Crippen molar-refractivity contribution in [2.24, 2.45) is 11.8 Å². The van der Waals surface area contributed by atoms with Gasteiger partial charge >= 0.3 is 0 Å². The second kappa shape index (κ2) is 5.14. The molecule has 0 radical (unpaired) electrons. The van der Waals surface area contributed by atoms with Crippen LogP contribution in [0.1, 0.15) is 6.92 Å². The number of nitro groups is 1. The van der Waals surface area contributed by atoms with E-state index in [1.54, 1.807) is 18.2 Å². The third kappa shape index (κ3) is 2.48. The number of benzene rings is 1. The zero-order valence-electron chi connectivity index (χ0n) is 10.1. The summed E-state index contributed by atoms with van der Waals surface area (Å²) in [4.78, 5) is 22.4. The van der Waals surface area contributed by atoms with Crippen LogP contribution in [0.15, 0.2) is 24.3 Å². The van der Waals surface area contributed by atoms with Crippen LogP contribution in [0, 0.1) is 22.0 Å². The molecule has 1 saturated heterocycles. The first kappa shape index (κ1) is 12.5. The van der Waals surface area contributed by atoms with Crippen LogP contribution in [0.4, 0.5) is 11.4 Å². The van der Waals surface area contributed by atoms with Gasteiger partial charge in [0.2, 0.25) is 5.91 Å². The maximum absolute atomic E-state index is 12.0. The van der Waals surface area contributed by atoms with E-state index in [0.29, 0.717) is 6.54 Å². The number of hydrogen-bond acceptors (Lipinski definition) is 4. The topological polar surface area (TPSA) is 84.3 Å². The molecule has 1 aliphatic rings. The standard InChI is InChI=1S/C12H15N3O3/c1-8-6-13-7-9(8)12(16)14-10-4-2-3-5-11(10)15(17)18/h2-5,8-9,13H,6-7H2,1H3,(H,14,16)/t8-,9-/m1/s1. The maximum Gasteiger partial charge on any atom is 0.292 e. The minimum absolute atomic E-state index is 0.0792. The van der Waals surface area contributed by atoms with Crippen molar-refractivity contribution in [3.05, 3.63) is 34.4 Å². The molecule has 6 nitrogen and oxygen atoms in total. The molecule has 96 valence electrons. The Labute approximate surface area is 105 Å². The molecule has 1 aliphatic heterocycles. The van der Waals surface area contributed by atoms with Gasteiger partial charge in [0.15, 0.2) is 0 Å². The number of carbonyl (C=O) groups is 1. The molecule has 18 heavy (non-hydrogen) atoms. The minimum Gasteiger partial charge on any atom is -0.320 e. The lowest BCUT2D eigenvalue weighted by Gasteiger charge is -2.14. The van der Waals surface area contributed by atoms with Gasteiger partial charge in [0.05, 0.1) is 10.8 Å². The lowest BCUT2D eigenvalue weighted by molar-refractivity contribution is -0.383. The molecule has 0 aromatic heterocycles. The van der Waals surface area contributed by atoms with E-state index in [4.69, 9.17) is 0 Å². The minimum atomic E-state index is -0.494. The quantitative estimate of drug-likeness (QED) is 0.626. The van der Waals surface area contributed by atoms with Gasteiger partial charge in [-0.15, -0.1) is 0 Å². The Balaban J connectivity index is 2.14. The monoisotopic (exact) mass is 249 g/mol. The highest BCUT2D eigenvalue weighted by Crippen LogP contribution is 2.25. The Morgan fingerprint density at radius 1 is 1.44 bits per heavy atom. The molecule has 1 heterocycles. The molecule has 2 atom stereocenters. The fourth-order valence-corrected chi connectivity index (χ4v) is 2.13. The van der Waals surface area contributed by atoms with E-state index in [1.807, 2.05) is 6.92 Å². The Bertz CT molecular complexity index is 475. The van der Waals surface area contributed by atoms with Crippen LogP contribution in [0.3, 0.4) is 0 Å². The van der Waals surface area contributed by atoms with Gasteiger partial charge in [-0.1, -0.05) is 19.1 Å². The number of hydrogen-bond donors (Lipinski definition) is 2. The second-order valence-corrected chi connectivity index (χ2v) is 4.51. The zero-order chi connectivity index (χ0) is 13.1. The molecule has 0 bridgehead atoms. The number of nitrogens with one attached hydrogen (secondary N) is 2. The smallest absolute Gasteiger partial charge is 0.292 e. The molecule has 0 unspecified atom stereocenters. The molecular formula is C12H15N3O3. The molecule has 6 heteroatoms. The van der Waals surface area contributed by atoms with Crippen LogP contribution in [0.2, 0.25) is 0 Å². The van der Waals surface area contributed by atoms with Crippen LogP contribution in [-0.4, -0.2) is 23.9 Å². The van der Waals surface area contributed by atoms with E-state index in [-0.39, 0.29) is 29.1 Å². The van der Waals surface area contributed by atoms with E-state index in [1.165, 1.54) is 6.07 Å². The molecule has 1 fully saturated rings. The summed E-state index contributed by atoms with van der Waals surface area (Å²) in [5.74, 6) is -0.0561. The summed E-state index contributed by atoms with van der Waals surface area (Å²) < 4.78 is 0. The lowest BCUT2D eigenvalue weighted by Crippen LogP contribution is -2.28. The summed E-state index contributed by atoms with van der Waals surface area (Å²) in [6.07, 6.45) is 0. The lowest BCUT2D eigenvalue weighted by atomic mass is 9.97. The highest BCUT2D eigenvalue weighted by Gasteiger charge is 2.30. The Hall–Kier alpha value is -1.95. The molecule has 1 aromatic rings. The molecule has 1 amide bonds. The molecule has 0 spiro atoms. The molecule has 1 aromatic carbocycles. The predicted octanol–water partition coefficient (Wildman–Crippen LogP) is 1.39. The van der Waals surface area contributed by atoms with Crippen molar-refractivity contribution in [1.29, 1.82) is 0 Å². The van der Waals surface area contributed by atoms with Gasteiger partial charge in [0, 0.05) is 12.6 Å². The summed E-state index contributed by atoms with van der Waals surface area (Å²) >= 11 is 0. The maximum atomic E-state index is 12.0. The van der Waals surface area contributed by atoms with E-state index in [2.05, 4.69) is 10.6 Å². The van der Waals surface area contributed by atoms with Crippen molar-refractivity contribution in [3.63, 3.8) is 0 Å². The van der Waals surface area contributed by atoms with Crippen molar-refractivity contribution < 1.29 is 9.72 Å². The van der Waals surface area contributed by atoms with Crippen LogP contribution in [0.5, 0.6) is 0 Å². The van der Waals surface area contributed by atoms with Crippen LogP contribution < -0.4 is 10.6 Å². The number of anilines is 1. The van der Waals surface area contributed by atoms with E-state index < -0.39 is 4.92 Å². The number of nitro benzene ring substituents is 1. The number of amides is 1. The molecule has 0 aliphatic carbocycles. The van der Waals surface area contributed by atoms with Crippen LogP contribution in [-0.2, 0) is 4.79 Å². The first-order valence-corrected chi connectivity index (χ1v) is 5.84. The first-order chi connectivity index (χ1) is 8.59. The van der Waals surface area contributed by atoms with Gasteiger partial charge in [-0.2, -0.15) is 0 Å². The van der Waals surface area contributed by atoms with Crippen molar-refractivity contribution in [1.82, 2.24) is 5.32 Å². The number of rotatable bonds is 3. The average molecular weight is 249 g/mol. The summed E-state index contributed by atoms with van der Waals surface area (Å²) in [5.41, 5.74) is 0.177. The third-order valence-electron chi connectivity index (χ3n) is 3.21. The van der Waals surface area contributed by atoms with Crippen molar-refractivity contribution >= 4 is 17.3 Å². The number of nitrogens with zero attached hydrogens (tertiary/aromatic N) is 1. The van der Waals surface area contributed by atoms with Crippen molar-refractivity contribution in [2.45, 2.75) is 6.92 Å². The van der Waals surface area contributed by atoms with Gasteiger partial charge in [-0.3, -0.25) is 14.9 Å². The van der Waals surface area contributed by atoms with Gasteiger partial charge in [-0.25, -0.2) is 0 Å². The fraction of sp³-hybridized carbons (Fsp3) is 0.417. The first-order valence-electron chi connectivity index (χ1n) is 5.84. The molecular weight excluding hydrogens is 234 g/mol. The summed E-state index contributed by atoms with van der Waals surface area (Å²) in [6.45, 7) is 3.41. The van der Waals surface area contributed by atoms with Gasteiger partial charge in [0.1, 0.15) is 5.69 Å². The van der Waals surface area contributed by atoms with E-state index in [9.17, 15) is 14.9 Å². The largest absolute Gasteiger partial charge is 0.320 e. The van der Waals surface area contributed by atoms with E-state index >= 15 is 0 Å². The second-order valence-electron chi connectivity index (χ2n) is 4.51. The summed E-state index contributed by atoms with van der Waals surface area (Å²) in [5, 5.41) is 16.6. The molecule has 2 N–H and O–H groups in total. The van der Waals surface area contributed by atoms with Gasteiger partial charge < -0.3 is 10.6 Å². The highest BCUT2D eigenvalue weighted by molar-refractivity contribution is 5.95. The number of para-hydroxylation sites is 2. The van der Waals surface area contributed by atoms with Gasteiger partial charge in [-0.05, 0) is 18.5 Å². The Kier molecular flexibility index (Phi) is 3.57. The summed E-state index contributed by atoms with van der Waals surface area (Å²) in [7, 11) is 0. The summed E-state index contributed by atoms with van der Waals surface area (Å²) in [6, 6.07) is 6.17. The third-order valence-corrected chi connectivity index (χ3v) is 3.21. The highest BCUT2D eigenvalue weighted by atomic mass is 16.6. The zero-order valence-corrected chi connectivity index (χ0v) is 10.1. The SMILES string of the molecule is C[C@@H]1CNC[C@H]1C(=O)Nc1ccccc1[N+](=O)[O-]. The van der Waals surface area contributed by atoms with Crippen LogP contribution >= 0.6 is 0 Å². The van der Waals surface area contributed by atoms with Gasteiger partial charge in [0.25, 0.3) is 5.69 Å². The van der Waals surface area contributed by atoms with Crippen LogP contribution in [0.25, 0.3) is 0 Å². The molecule has 2 rings (SSSR count). The number of carbonyl (C=O) groups excluding carboxylic acids is 1. The fourth-order valence-electron chi connectivity index (χ4n) is 2.13. The average Bonchev–Trinajstić information content (AvgIpc) is 2.76. The van der Waals surface area contributed by atoms with Crippen molar-refractivity contribution in [3.8, 4) is 0 Å². The normalized spacial score (nSPS) is 22.7.